The highest BCUT2D eigenvalue weighted by molar-refractivity contribution is 7.99. The van der Waals surface area contributed by atoms with E-state index in [1.165, 1.54) is 23.9 Å². The van der Waals surface area contributed by atoms with Gasteiger partial charge in [-0.3, -0.25) is 9.79 Å². The highest BCUT2D eigenvalue weighted by atomic mass is 32.2. The topological polar surface area (TPSA) is 44.7 Å². The van der Waals surface area contributed by atoms with E-state index in [1.54, 1.807) is 6.08 Å². The van der Waals surface area contributed by atoms with E-state index >= 15 is 0 Å². The van der Waals surface area contributed by atoms with Crippen molar-refractivity contribution in [1.82, 2.24) is 10.2 Å². The Bertz CT molecular complexity index is 965. The van der Waals surface area contributed by atoms with Gasteiger partial charge in [0.25, 0.3) is 5.91 Å². The second-order valence-electron chi connectivity index (χ2n) is 6.42. The molecule has 1 amide bonds. The first-order chi connectivity index (χ1) is 13.6. The molecule has 0 saturated carbocycles. The predicted molar refractivity (Wildman–Crippen MR) is 105 cm³/mol. The molecule has 4 nitrogen and oxygen atoms in total. The zero-order valence-corrected chi connectivity index (χ0v) is 15.6. The number of nitrogens with zero attached hydrogens (tertiary/aromatic N) is 2. The van der Waals surface area contributed by atoms with E-state index in [-0.39, 0.29) is 12.1 Å². The van der Waals surface area contributed by atoms with E-state index in [2.05, 4.69) is 10.3 Å². The molecular weight excluding hydrogens is 380 g/mol. The minimum Gasteiger partial charge on any atom is -0.348 e. The average Bonchev–Trinajstić information content (AvgIpc) is 3.14. The SMILES string of the molecule is O=C(NCc1ccc(Sc2cc(F)cc(F)c2)cc1)C1=CN2CC=NC2C=C1. The summed E-state index contributed by atoms with van der Waals surface area (Å²) in [5, 5.41) is 2.90. The van der Waals surface area contributed by atoms with E-state index in [0.717, 1.165) is 16.5 Å². The summed E-state index contributed by atoms with van der Waals surface area (Å²) in [7, 11) is 0. The first-order valence-corrected chi connectivity index (χ1v) is 9.57. The summed E-state index contributed by atoms with van der Waals surface area (Å²) in [6.07, 6.45) is 7.36. The molecule has 142 valence electrons. The first-order valence-electron chi connectivity index (χ1n) is 8.75. The molecule has 1 N–H and O–H groups in total. The highest BCUT2D eigenvalue weighted by Gasteiger charge is 2.21. The van der Waals surface area contributed by atoms with Crippen LogP contribution in [0.2, 0.25) is 0 Å². The predicted octanol–water partition coefficient (Wildman–Crippen LogP) is 3.90. The Hall–Kier alpha value is -2.93. The summed E-state index contributed by atoms with van der Waals surface area (Å²) >= 11 is 1.28. The number of benzene rings is 2. The number of halogens is 2. The molecule has 0 aromatic heterocycles. The molecule has 1 atom stereocenters. The Labute approximate surface area is 165 Å². The average molecular weight is 397 g/mol. The molecule has 0 spiro atoms. The summed E-state index contributed by atoms with van der Waals surface area (Å²) in [6, 6.07) is 10.9. The third kappa shape index (κ3) is 4.31. The van der Waals surface area contributed by atoms with Crippen molar-refractivity contribution in [3.8, 4) is 0 Å². The van der Waals surface area contributed by atoms with Gasteiger partial charge in [0.1, 0.15) is 17.8 Å². The summed E-state index contributed by atoms with van der Waals surface area (Å²) in [5.41, 5.74) is 1.54. The Kier molecular flexibility index (Phi) is 5.25. The zero-order chi connectivity index (χ0) is 19.5. The minimum atomic E-state index is -0.597. The van der Waals surface area contributed by atoms with Gasteiger partial charge in [0.05, 0.1) is 12.1 Å². The zero-order valence-electron chi connectivity index (χ0n) is 14.8. The fraction of sp³-hybridized carbons (Fsp3) is 0.143. The van der Waals surface area contributed by atoms with Gasteiger partial charge in [0, 0.05) is 34.8 Å². The fourth-order valence-electron chi connectivity index (χ4n) is 2.96. The van der Waals surface area contributed by atoms with Crippen LogP contribution in [-0.2, 0) is 11.3 Å². The monoisotopic (exact) mass is 397 g/mol. The lowest BCUT2D eigenvalue weighted by molar-refractivity contribution is -0.117. The summed E-state index contributed by atoms with van der Waals surface area (Å²) < 4.78 is 26.6. The fourth-order valence-corrected chi connectivity index (χ4v) is 3.85. The maximum atomic E-state index is 13.3. The molecule has 28 heavy (non-hydrogen) atoms. The van der Waals surface area contributed by atoms with Crippen LogP contribution in [0.25, 0.3) is 0 Å². The quantitative estimate of drug-likeness (QED) is 0.832. The molecule has 2 aliphatic heterocycles. The second-order valence-corrected chi connectivity index (χ2v) is 7.57. The molecule has 0 aliphatic carbocycles. The Balaban J connectivity index is 1.33. The van der Waals surface area contributed by atoms with Crippen molar-refractivity contribution in [2.24, 2.45) is 4.99 Å². The lowest BCUT2D eigenvalue weighted by Crippen LogP contribution is -2.31. The Morgan fingerprint density at radius 3 is 2.64 bits per heavy atom. The summed E-state index contributed by atoms with van der Waals surface area (Å²) in [4.78, 5) is 20.0. The molecular formula is C21H17F2N3OS. The molecule has 0 saturated heterocycles. The lowest BCUT2D eigenvalue weighted by Gasteiger charge is -2.22. The smallest absolute Gasteiger partial charge is 0.253 e. The molecule has 4 rings (SSSR count). The van der Waals surface area contributed by atoms with Gasteiger partial charge in [-0.15, -0.1) is 0 Å². The van der Waals surface area contributed by atoms with Crippen LogP contribution in [0.5, 0.6) is 0 Å². The number of aliphatic imine (C=N–C) groups is 1. The van der Waals surface area contributed by atoms with Crippen molar-refractivity contribution in [3.63, 3.8) is 0 Å². The van der Waals surface area contributed by atoms with Gasteiger partial charge in [-0.25, -0.2) is 8.78 Å². The minimum absolute atomic E-state index is 0.00755. The van der Waals surface area contributed by atoms with Crippen molar-refractivity contribution in [2.45, 2.75) is 22.5 Å². The number of nitrogens with one attached hydrogen (secondary N) is 1. The van der Waals surface area contributed by atoms with Crippen LogP contribution in [0.1, 0.15) is 5.56 Å². The molecule has 0 bridgehead atoms. The molecule has 0 fully saturated rings. The third-order valence-corrected chi connectivity index (χ3v) is 5.33. The van der Waals surface area contributed by atoms with E-state index in [9.17, 15) is 13.6 Å². The molecule has 0 radical (unpaired) electrons. The molecule has 2 aromatic carbocycles. The Morgan fingerprint density at radius 2 is 1.89 bits per heavy atom. The number of hydrogen-bond acceptors (Lipinski definition) is 4. The largest absolute Gasteiger partial charge is 0.348 e. The third-order valence-electron chi connectivity index (χ3n) is 4.35. The van der Waals surface area contributed by atoms with Gasteiger partial charge in [-0.2, -0.15) is 0 Å². The van der Waals surface area contributed by atoms with Crippen LogP contribution in [0.4, 0.5) is 8.78 Å². The highest BCUT2D eigenvalue weighted by Crippen LogP contribution is 2.29. The van der Waals surface area contributed by atoms with Crippen molar-refractivity contribution in [3.05, 3.63) is 83.6 Å². The number of carbonyl (C=O) groups is 1. The molecule has 2 aromatic rings. The summed E-state index contributed by atoms with van der Waals surface area (Å²) in [5.74, 6) is -1.34. The van der Waals surface area contributed by atoms with Gasteiger partial charge in [-0.05, 0) is 42.0 Å². The van der Waals surface area contributed by atoms with Gasteiger partial charge in [0.2, 0.25) is 0 Å². The number of carbonyl (C=O) groups excluding carboxylic acids is 1. The lowest BCUT2D eigenvalue weighted by atomic mass is 10.1. The van der Waals surface area contributed by atoms with Crippen molar-refractivity contribution in [2.75, 3.05) is 6.54 Å². The number of hydrogen-bond donors (Lipinski definition) is 1. The van der Waals surface area contributed by atoms with Crippen molar-refractivity contribution >= 4 is 23.9 Å². The van der Waals surface area contributed by atoms with Crippen LogP contribution in [0.3, 0.4) is 0 Å². The normalized spacial score (nSPS) is 17.4. The molecule has 1 unspecified atom stereocenters. The number of amides is 1. The van der Waals surface area contributed by atoms with Crippen LogP contribution in [0.15, 0.2) is 81.2 Å². The van der Waals surface area contributed by atoms with Crippen LogP contribution < -0.4 is 5.32 Å². The van der Waals surface area contributed by atoms with E-state index in [4.69, 9.17) is 0 Å². The van der Waals surface area contributed by atoms with Gasteiger partial charge in [-0.1, -0.05) is 23.9 Å². The van der Waals surface area contributed by atoms with Crippen molar-refractivity contribution in [1.29, 1.82) is 0 Å². The van der Waals surface area contributed by atoms with E-state index < -0.39 is 11.6 Å². The standard InChI is InChI=1S/C21H17F2N3OS/c22-16-9-17(23)11-19(10-16)28-18-4-1-14(2-5-18)12-25-21(27)15-3-6-20-24-7-8-26(20)13-15/h1-7,9-11,13,20H,8,12H2,(H,25,27). The van der Waals surface area contributed by atoms with E-state index in [1.807, 2.05) is 47.7 Å². The second kappa shape index (κ2) is 7.98. The first kappa shape index (κ1) is 18.4. The van der Waals surface area contributed by atoms with E-state index in [0.29, 0.717) is 23.6 Å². The Morgan fingerprint density at radius 1 is 1.14 bits per heavy atom. The van der Waals surface area contributed by atoms with Crippen LogP contribution >= 0.6 is 11.8 Å². The van der Waals surface area contributed by atoms with Crippen molar-refractivity contribution < 1.29 is 13.6 Å². The van der Waals surface area contributed by atoms with Gasteiger partial charge < -0.3 is 10.2 Å². The van der Waals surface area contributed by atoms with Gasteiger partial charge in [0.15, 0.2) is 0 Å². The number of rotatable bonds is 5. The maximum absolute atomic E-state index is 13.3. The summed E-state index contributed by atoms with van der Waals surface area (Å²) in [6.45, 7) is 1.10. The van der Waals surface area contributed by atoms with Crippen LogP contribution in [0, 0.1) is 11.6 Å². The van der Waals surface area contributed by atoms with Crippen LogP contribution in [-0.4, -0.2) is 29.7 Å². The maximum Gasteiger partial charge on any atom is 0.253 e. The number of fused-ring (bicyclic) bond motifs is 1. The molecule has 2 heterocycles. The molecule has 7 heteroatoms. The van der Waals surface area contributed by atoms with Gasteiger partial charge >= 0.3 is 0 Å². The molecule has 2 aliphatic rings.